The van der Waals surface area contributed by atoms with Crippen LogP contribution in [0, 0.1) is 0 Å². The fraction of sp³-hybridized carbons (Fsp3) is 0.500. The second kappa shape index (κ2) is 6.76. The Morgan fingerprint density at radius 3 is 2.35 bits per heavy atom. The molecule has 0 bridgehead atoms. The van der Waals surface area contributed by atoms with Crippen LogP contribution < -0.4 is 0 Å². The van der Waals surface area contributed by atoms with Crippen LogP contribution in [-0.2, 0) is 9.47 Å². The Bertz CT molecular complexity index is 617. The van der Waals surface area contributed by atoms with Crippen molar-refractivity contribution in [3.63, 3.8) is 0 Å². The molecular formula is C16H21N3O4. The molecule has 0 aliphatic carbocycles. The van der Waals surface area contributed by atoms with Gasteiger partial charge in [0.2, 0.25) is 0 Å². The number of ether oxygens (including phenoxy) is 2. The second-order valence-electron chi connectivity index (χ2n) is 6.19. The zero-order valence-electron chi connectivity index (χ0n) is 13.8. The lowest BCUT2D eigenvalue weighted by atomic mass is 10.1. The van der Waals surface area contributed by atoms with Crippen molar-refractivity contribution in [2.24, 2.45) is 0 Å². The minimum atomic E-state index is -0.506. The molecule has 0 aromatic carbocycles. The topological polar surface area (TPSA) is 81.6 Å². The van der Waals surface area contributed by atoms with Gasteiger partial charge in [-0.25, -0.2) is 19.6 Å². The van der Waals surface area contributed by atoms with Gasteiger partial charge in [-0.15, -0.1) is 0 Å². The van der Waals surface area contributed by atoms with Crippen LogP contribution in [0.1, 0.15) is 43.4 Å². The number of hydrogen-bond donors (Lipinski definition) is 0. The molecule has 2 rings (SSSR count). The molecule has 0 unspecified atom stereocenters. The highest BCUT2D eigenvalue weighted by molar-refractivity contribution is 5.88. The Morgan fingerprint density at radius 1 is 1.22 bits per heavy atom. The molecule has 1 amide bonds. The lowest BCUT2D eigenvalue weighted by Gasteiger charge is -2.29. The lowest BCUT2D eigenvalue weighted by Crippen LogP contribution is -2.39. The van der Waals surface area contributed by atoms with Crippen molar-refractivity contribution in [1.82, 2.24) is 14.9 Å². The maximum absolute atomic E-state index is 12.0. The highest BCUT2D eigenvalue weighted by Gasteiger charge is 2.24. The lowest BCUT2D eigenvalue weighted by molar-refractivity contribution is 0.0270. The van der Waals surface area contributed by atoms with Crippen LogP contribution >= 0.6 is 0 Å². The molecule has 0 saturated carbocycles. The number of nitrogens with zero attached hydrogens (tertiary/aromatic N) is 3. The maximum atomic E-state index is 12.0. The Labute approximate surface area is 135 Å². The van der Waals surface area contributed by atoms with Gasteiger partial charge < -0.3 is 14.4 Å². The van der Waals surface area contributed by atoms with Crippen LogP contribution in [0.15, 0.2) is 18.5 Å². The summed E-state index contributed by atoms with van der Waals surface area (Å²) in [6, 6.07) is 0. The highest BCUT2D eigenvalue weighted by Crippen LogP contribution is 2.20. The molecule has 1 aliphatic rings. The summed E-state index contributed by atoms with van der Waals surface area (Å²) in [6.07, 6.45) is 5.09. The molecule has 2 heterocycles. The van der Waals surface area contributed by atoms with Gasteiger partial charge in [0.05, 0.1) is 12.7 Å². The molecular weight excluding hydrogens is 298 g/mol. The summed E-state index contributed by atoms with van der Waals surface area (Å²) in [6.45, 7) is 6.52. The van der Waals surface area contributed by atoms with E-state index in [9.17, 15) is 9.59 Å². The molecule has 0 radical (unpaired) electrons. The normalized spacial score (nSPS) is 15.0. The molecule has 1 aromatic rings. The van der Waals surface area contributed by atoms with Crippen molar-refractivity contribution in [3.05, 3.63) is 29.9 Å². The zero-order valence-corrected chi connectivity index (χ0v) is 13.8. The summed E-state index contributed by atoms with van der Waals surface area (Å²) in [5.74, 6) is 0.0896. The Hall–Kier alpha value is -2.44. The van der Waals surface area contributed by atoms with E-state index in [-0.39, 0.29) is 6.09 Å². The number of rotatable bonds is 2. The van der Waals surface area contributed by atoms with Crippen LogP contribution in [-0.4, -0.2) is 52.7 Å². The summed E-state index contributed by atoms with van der Waals surface area (Å²) in [5, 5.41) is 0. The predicted octanol–water partition coefficient (Wildman–Crippen LogP) is 2.29. The van der Waals surface area contributed by atoms with E-state index in [0.717, 1.165) is 5.57 Å². The van der Waals surface area contributed by atoms with Crippen LogP contribution in [0.5, 0.6) is 0 Å². The third-order valence-electron chi connectivity index (χ3n) is 3.22. The third-order valence-corrected chi connectivity index (χ3v) is 3.22. The van der Waals surface area contributed by atoms with Gasteiger partial charge in [-0.05, 0) is 32.8 Å². The Morgan fingerprint density at radius 2 is 1.87 bits per heavy atom. The van der Waals surface area contributed by atoms with Gasteiger partial charge in [0.25, 0.3) is 0 Å². The first-order valence-corrected chi connectivity index (χ1v) is 7.38. The molecule has 0 spiro atoms. The molecule has 0 N–H and O–H groups in total. The van der Waals surface area contributed by atoms with E-state index in [1.807, 2.05) is 26.8 Å². The summed E-state index contributed by atoms with van der Waals surface area (Å²) >= 11 is 0. The SMILES string of the molecule is COC(=O)c1cnc(C2=CCN(C(=O)OC(C)(C)C)CC2)nc1. The fourth-order valence-corrected chi connectivity index (χ4v) is 2.08. The average Bonchev–Trinajstić information content (AvgIpc) is 2.53. The first-order valence-electron chi connectivity index (χ1n) is 7.38. The van der Waals surface area contributed by atoms with Crippen LogP contribution in [0.25, 0.3) is 5.57 Å². The highest BCUT2D eigenvalue weighted by atomic mass is 16.6. The summed E-state index contributed by atoms with van der Waals surface area (Å²) in [7, 11) is 1.31. The molecule has 1 aliphatic heterocycles. The van der Waals surface area contributed by atoms with Crippen molar-refractivity contribution >= 4 is 17.6 Å². The summed E-state index contributed by atoms with van der Waals surface area (Å²) < 4.78 is 9.96. The molecule has 0 saturated heterocycles. The molecule has 7 nitrogen and oxygen atoms in total. The van der Waals surface area contributed by atoms with Gasteiger partial charge in [-0.1, -0.05) is 6.08 Å². The summed E-state index contributed by atoms with van der Waals surface area (Å²) in [5.41, 5.74) is 0.748. The van der Waals surface area contributed by atoms with Gasteiger partial charge in [0.1, 0.15) is 5.60 Å². The average molecular weight is 319 g/mol. The first kappa shape index (κ1) is 16.9. The number of carbonyl (C=O) groups excluding carboxylic acids is 2. The minimum Gasteiger partial charge on any atom is -0.465 e. The molecule has 23 heavy (non-hydrogen) atoms. The zero-order chi connectivity index (χ0) is 17.0. The van der Waals surface area contributed by atoms with Gasteiger partial charge in [-0.2, -0.15) is 0 Å². The number of aromatic nitrogens is 2. The largest absolute Gasteiger partial charge is 0.465 e. The van der Waals surface area contributed by atoms with Crippen LogP contribution in [0.2, 0.25) is 0 Å². The number of methoxy groups -OCH3 is 1. The number of amides is 1. The van der Waals surface area contributed by atoms with Crippen LogP contribution in [0.4, 0.5) is 4.79 Å². The Kier molecular flexibility index (Phi) is 4.98. The number of esters is 1. The van der Waals surface area contributed by atoms with E-state index in [2.05, 4.69) is 14.7 Å². The third kappa shape index (κ3) is 4.51. The number of carbonyl (C=O) groups is 2. The van der Waals surface area contributed by atoms with E-state index in [1.165, 1.54) is 19.5 Å². The van der Waals surface area contributed by atoms with Crippen molar-refractivity contribution in [2.75, 3.05) is 20.2 Å². The van der Waals surface area contributed by atoms with E-state index in [1.54, 1.807) is 4.90 Å². The standard InChI is InChI=1S/C16H21N3O4/c1-16(2,3)23-15(21)19-7-5-11(6-8-19)13-17-9-12(10-18-13)14(20)22-4/h5,9-10H,6-8H2,1-4H3. The molecule has 7 heteroatoms. The monoisotopic (exact) mass is 319 g/mol. The van der Waals surface area contributed by atoms with Crippen molar-refractivity contribution in [3.8, 4) is 0 Å². The van der Waals surface area contributed by atoms with E-state index >= 15 is 0 Å². The van der Waals surface area contributed by atoms with Gasteiger partial charge in [0.15, 0.2) is 5.82 Å². The number of hydrogen-bond acceptors (Lipinski definition) is 6. The van der Waals surface area contributed by atoms with Gasteiger partial charge in [0, 0.05) is 25.5 Å². The van der Waals surface area contributed by atoms with Crippen molar-refractivity contribution in [2.45, 2.75) is 32.8 Å². The molecule has 0 atom stereocenters. The quantitative estimate of drug-likeness (QED) is 0.778. The molecule has 0 fully saturated rings. The smallest absolute Gasteiger partial charge is 0.410 e. The van der Waals surface area contributed by atoms with Gasteiger partial charge >= 0.3 is 12.1 Å². The fourth-order valence-electron chi connectivity index (χ4n) is 2.08. The predicted molar refractivity (Wildman–Crippen MR) is 83.8 cm³/mol. The van der Waals surface area contributed by atoms with Crippen molar-refractivity contribution in [1.29, 1.82) is 0 Å². The van der Waals surface area contributed by atoms with E-state index in [4.69, 9.17) is 4.74 Å². The first-order chi connectivity index (χ1) is 10.8. The van der Waals surface area contributed by atoms with Crippen LogP contribution in [0.3, 0.4) is 0 Å². The Balaban J connectivity index is 2.01. The van der Waals surface area contributed by atoms with E-state index in [0.29, 0.717) is 30.9 Å². The second-order valence-corrected chi connectivity index (χ2v) is 6.19. The minimum absolute atomic E-state index is 0.308. The molecule has 1 aromatic heterocycles. The van der Waals surface area contributed by atoms with E-state index < -0.39 is 11.6 Å². The summed E-state index contributed by atoms with van der Waals surface area (Å²) in [4.78, 5) is 33.4. The molecule has 124 valence electrons. The van der Waals surface area contributed by atoms with Gasteiger partial charge in [-0.3, -0.25) is 0 Å². The van der Waals surface area contributed by atoms with Crippen molar-refractivity contribution < 1.29 is 19.1 Å². The maximum Gasteiger partial charge on any atom is 0.410 e.